The van der Waals surface area contributed by atoms with E-state index in [1.807, 2.05) is 10.6 Å². The maximum atomic E-state index is 12.0. The fourth-order valence-corrected chi connectivity index (χ4v) is 3.25. The lowest BCUT2D eigenvalue weighted by atomic mass is 10.1. The Morgan fingerprint density at radius 3 is 2.94 bits per heavy atom. The number of pyridine rings is 1. The highest BCUT2D eigenvalue weighted by Gasteiger charge is 2.17. The van der Waals surface area contributed by atoms with E-state index in [1.54, 1.807) is 6.07 Å². The maximum absolute atomic E-state index is 12.0. The van der Waals surface area contributed by atoms with Gasteiger partial charge < -0.3 is 4.57 Å². The summed E-state index contributed by atoms with van der Waals surface area (Å²) in [5, 5.41) is 0.983. The van der Waals surface area contributed by atoms with Gasteiger partial charge in [0.1, 0.15) is 0 Å². The second-order valence-corrected chi connectivity index (χ2v) is 5.56. The van der Waals surface area contributed by atoms with Gasteiger partial charge in [-0.05, 0) is 37.2 Å². The molecule has 1 aliphatic rings. The molecule has 3 heteroatoms. The van der Waals surface area contributed by atoms with Gasteiger partial charge in [0.2, 0.25) is 0 Å². The van der Waals surface area contributed by atoms with Crippen LogP contribution in [0.1, 0.15) is 37.4 Å². The predicted octanol–water partition coefficient (Wildman–Crippen LogP) is 3.15. The van der Waals surface area contributed by atoms with Gasteiger partial charge in [-0.15, -0.1) is 0 Å². The van der Waals surface area contributed by atoms with E-state index in [0.29, 0.717) is 5.92 Å². The van der Waals surface area contributed by atoms with Crippen LogP contribution in [0.5, 0.6) is 0 Å². The molecule has 0 spiro atoms. The minimum Gasteiger partial charge on any atom is -0.312 e. The minimum atomic E-state index is 0.174. The summed E-state index contributed by atoms with van der Waals surface area (Å²) >= 11 is 3.56. The topological polar surface area (TPSA) is 22.0 Å². The Labute approximate surface area is 111 Å². The van der Waals surface area contributed by atoms with Crippen molar-refractivity contribution in [1.29, 1.82) is 0 Å². The molecule has 1 atom stereocenters. The third kappa shape index (κ3) is 2.82. The minimum absolute atomic E-state index is 0.174. The van der Waals surface area contributed by atoms with Crippen molar-refractivity contribution in [2.24, 2.45) is 5.92 Å². The van der Waals surface area contributed by atoms with Gasteiger partial charge in [0.05, 0.1) is 0 Å². The first kappa shape index (κ1) is 12.9. The van der Waals surface area contributed by atoms with Crippen molar-refractivity contribution in [1.82, 2.24) is 4.57 Å². The van der Waals surface area contributed by atoms with Gasteiger partial charge in [0, 0.05) is 23.6 Å². The summed E-state index contributed by atoms with van der Waals surface area (Å²) in [6.07, 6.45) is 5.78. The average Bonchev–Trinajstić information content (AvgIpc) is 2.80. The van der Waals surface area contributed by atoms with Gasteiger partial charge in [0.15, 0.2) is 0 Å². The maximum Gasteiger partial charge on any atom is 0.250 e. The molecule has 0 N–H and O–H groups in total. The SMILES string of the molecule is CCCC(CBr)Cn1c2c(ccc1=O)CCC2. The monoisotopic (exact) mass is 297 g/mol. The zero-order chi connectivity index (χ0) is 12.3. The third-order valence-corrected chi connectivity index (χ3v) is 4.52. The van der Waals surface area contributed by atoms with Crippen LogP contribution in [0.3, 0.4) is 0 Å². The first-order valence-corrected chi connectivity index (χ1v) is 7.66. The van der Waals surface area contributed by atoms with Gasteiger partial charge in [-0.3, -0.25) is 4.79 Å². The summed E-state index contributed by atoms with van der Waals surface area (Å²) in [6.45, 7) is 3.08. The Kier molecular flexibility index (Phi) is 4.43. The Hall–Kier alpha value is -0.570. The molecular weight excluding hydrogens is 278 g/mol. The van der Waals surface area contributed by atoms with Crippen molar-refractivity contribution in [2.75, 3.05) is 5.33 Å². The third-order valence-electron chi connectivity index (χ3n) is 3.61. The summed E-state index contributed by atoms with van der Waals surface area (Å²) in [5.74, 6) is 0.574. The summed E-state index contributed by atoms with van der Waals surface area (Å²) in [6, 6.07) is 3.76. The molecule has 0 fully saturated rings. The molecule has 1 unspecified atom stereocenters. The molecule has 0 saturated carbocycles. The number of rotatable bonds is 5. The fraction of sp³-hybridized carbons (Fsp3) is 0.643. The molecule has 0 bridgehead atoms. The van der Waals surface area contributed by atoms with Crippen LogP contribution >= 0.6 is 15.9 Å². The molecule has 0 saturated heterocycles. The first-order valence-electron chi connectivity index (χ1n) is 6.53. The molecular formula is C14H20BrNO. The van der Waals surface area contributed by atoms with Crippen molar-refractivity contribution in [3.05, 3.63) is 33.7 Å². The van der Waals surface area contributed by atoms with Gasteiger partial charge in [-0.2, -0.15) is 0 Å². The van der Waals surface area contributed by atoms with Crippen LogP contribution in [0.15, 0.2) is 16.9 Å². The van der Waals surface area contributed by atoms with Gasteiger partial charge >= 0.3 is 0 Å². The number of hydrogen-bond acceptors (Lipinski definition) is 1. The smallest absolute Gasteiger partial charge is 0.250 e. The molecule has 1 aromatic rings. The second kappa shape index (κ2) is 5.85. The van der Waals surface area contributed by atoms with Crippen LogP contribution in [0.2, 0.25) is 0 Å². The van der Waals surface area contributed by atoms with Crippen molar-refractivity contribution in [3.63, 3.8) is 0 Å². The van der Waals surface area contributed by atoms with Crippen LogP contribution in [0.4, 0.5) is 0 Å². The lowest BCUT2D eigenvalue weighted by molar-refractivity contribution is 0.439. The van der Waals surface area contributed by atoms with E-state index in [1.165, 1.54) is 30.5 Å². The molecule has 0 aromatic carbocycles. The van der Waals surface area contributed by atoms with E-state index < -0.39 is 0 Å². The highest BCUT2D eigenvalue weighted by Crippen LogP contribution is 2.21. The highest BCUT2D eigenvalue weighted by molar-refractivity contribution is 9.09. The standard InChI is InChI=1S/C14H20BrNO/c1-2-4-11(9-15)10-16-13-6-3-5-12(13)7-8-14(16)17/h7-8,11H,2-6,9-10H2,1H3. The van der Waals surface area contributed by atoms with E-state index in [9.17, 15) is 4.79 Å². The van der Waals surface area contributed by atoms with Crippen LogP contribution in [-0.4, -0.2) is 9.90 Å². The summed E-state index contributed by atoms with van der Waals surface area (Å²) in [4.78, 5) is 12.0. The lowest BCUT2D eigenvalue weighted by Crippen LogP contribution is -2.27. The molecule has 0 aliphatic heterocycles. The highest BCUT2D eigenvalue weighted by atomic mass is 79.9. The molecule has 0 radical (unpaired) electrons. The summed E-state index contributed by atoms with van der Waals surface area (Å²) < 4.78 is 2.02. The Bertz CT molecular complexity index is 438. The van der Waals surface area contributed by atoms with E-state index in [4.69, 9.17) is 0 Å². The Morgan fingerprint density at radius 2 is 2.24 bits per heavy atom. The molecule has 1 heterocycles. The number of halogens is 1. The zero-order valence-electron chi connectivity index (χ0n) is 10.4. The molecule has 17 heavy (non-hydrogen) atoms. The van der Waals surface area contributed by atoms with E-state index >= 15 is 0 Å². The second-order valence-electron chi connectivity index (χ2n) is 4.92. The number of fused-ring (bicyclic) bond motifs is 1. The average molecular weight is 298 g/mol. The predicted molar refractivity (Wildman–Crippen MR) is 74.9 cm³/mol. The van der Waals surface area contributed by atoms with Crippen molar-refractivity contribution < 1.29 is 0 Å². The van der Waals surface area contributed by atoms with Crippen LogP contribution in [0, 0.1) is 5.92 Å². The molecule has 2 nitrogen and oxygen atoms in total. The normalized spacial score (nSPS) is 15.9. The molecule has 1 aromatic heterocycles. The van der Waals surface area contributed by atoms with Crippen molar-refractivity contribution >= 4 is 15.9 Å². The van der Waals surface area contributed by atoms with Crippen LogP contribution in [0.25, 0.3) is 0 Å². The lowest BCUT2D eigenvalue weighted by Gasteiger charge is -2.18. The molecule has 1 aliphatic carbocycles. The fourth-order valence-electron chi connectivity index (χ4n) is 2.72. The molecule has 0 amide bonds. The Morgan fingerprint density at radius 1 is 1.41 bits per heavy atom. The zero-order valence-corrected chi connectivity index (χ0v) is 12.0. The number of nitrogens with zero attached hydrogens (tertiary/aromatic N) is 1. The van der Waals surface area contributed by atoms with Gasteiger partial charge in [-0.25, -0.2) is 0 Å². The van der Waals surface area contributed by atoms with Gasteiger partial charge in [-0.1, -0.05) is 35.3 Å². The van der Waals surface area contributed by atoms with Crippen LogP contribution < -0.4 is 5.56 Å². The molecule has 94 valence electrons. The van der Waals surface area contributed by atoms with Crippen molar-refractivity contribution in [3.8, 4) is 0 Å². The first-order chi connectivity index (χ1) is 8.26. The van der Waals surface area contributed by atoms with E-state index in [0.717, 1.165) is 24.7 Å². The quantitative estimate of drug-likeness (QED) is 0.765. The van der Waals surface area contributed by atoms with Gasteiger partial charge in [0.25, 0.3) is 5.56 Å². The number of aromatic nitrogens is 1. The largest absolute Gasteiger partial charge is 0.312 e. The van der Waals surface area contributed by atoms with Crippen LogP contribution in [-0.2, 0) is 19.4 Å². The molecule has 2 rings (SSSR count). The Balaban J connectivity index is 2.26. The van der Waals surface area contributed by atoms with E-state index in [-0.39, 0.29) is 5.56 Å². The number of hydrogen-bond donors (Lipinski definition) is 0. The number of alkyl halides is 1. The summed E-state index contributed by atoms with van der Waals surface area (Å²) in [5.41, 5.74) is 2.85. The van der Waals surface area contributed by atoms with Crippen molar-refractivity contribution in [2.45, 2.75) is 45.6 Å². The summed E-state index contributed by atoms with van der Waals surface area (Å²) in [7, 11) is 0. The number of aryl methyl sites for hydroxylation is 1. The van der Waals surface area contributed by atoms with E-state index in [2.05, 4.69) is 22.9 Å².